The summed E-state index contributed by atoms with van der Waals surface area (Å²) in [6.07, 6.45) is 1.28. The molecule has 0 aromatic heterocycles. The highest BCUT2D eigenvalue weighted by Crippen LogP contribution is 2.22. The van der Waals surface area contributed by atoms with Crippen molar-refractivity contribution in [3.63, 3.8) is 0 Å². The SMILES string of the molecule is CNC(CC(C)OC)c1ccccc1C. The topological polar surface area (TPSA) is 21.3 Å². The lowest BCUT2D eigenvalue weighted by Gasteiger charge is -2.21. The van der Waals surface area contributed by atoms with Crippen LogP contribution in [0, 0.1) is 6.92 Å². The minimum atomic E-state index is 0.280. The van der Waals surface area contributed by atoms with E-state index in [9.17, 15) is 0 Å². The standard InChI is InChI=1S/C13H21NO/c1-10-7-5-6-8-12(10)13(14-3)9-11(2)15-4/h5-8,11,13-14H,9H2,1-4H3. The van der Waals surface area contributed by atoms with Crippen LogP contribution in [0.4, 0.5) is 0 Å². The van der Waals surface area contributed by atoms with Crippen LogP contribution in [-0.4, -0.2) is 20.3 Å². The van der Waals surface area contributed by atoms with E-state index in [0.717, 1.165) is 6.42 Å². The van der Waals surface area contributed by atoms with Gasteiger partial charge in [0.15, 0.2) is 0 Å². The van der Waals surface area contributed by atoms with E-state index in [-0.39, 0.29) is 6.10 Å². The molecule has 0 heterocycles. The molecule has 0 aliphatic carbocycles. The van der Waals surface area contributed by atoms with Crippen molar-refractivity contribution < 1.29 is 4.74 Å². The molecule has 0 fully saturated rings. The van der Waals surface area contributed by atoms with E-state index in [0.29, 0.717) is 6.04 Å². The maximum Gasteiger partial charge on any atom is 0.0561 e. The summed E-state index contributed by atoms with van der Waals surface area (Å²) in [7, 11) is 3.76. The molecule has 2 nitrogen and oxygen atoms in total. The molecule has 2 atom stereocenters. The molecular formula is C13H21NO. The Morgan fingerprint density at radius 1 is 1.33 bits per heavy atom. The quantitative estimate of drug-likeness (QED) is 0.801. The predicted octanol–water partition coefficient (Wildman–Crippen LogP) is 2.68. The average Bonchev–Trinajstić information content (AvgIpc) is 2.26. The Bertz CT molecular complexity index is 298. The summed E-state index contributed by atoms with van der Waals surface area (Å²) >= 11 is 0. The Balaban J connectivity index is 2.78. The van der Waals surface area contributed by atoms with Crippen LogP contribution in [0.25, 0.3) is 0 Å². The summed E-state index contributed by atoms with van der Waals surface area (Å²) in [4.78, 5) is 0. The first-order valence-electron chi connectivity index (χ1n) is 5.44. The van der Waals surface area contributed by atoms with Gasteiger partial charge in [0.2, 0.25) is 0 Å². The first-order valence-corrected chi connectivity index (χ1v) is 5.44. The smallest absolute Gasteiger partial charge is 0.0561 e. The third-order valence-electron chi connectivity index (χ3n) is 2.88. The van der Waals surface area contributed by atoms with Crippen molar-refractivity contribution in [1.82, 2.24) is 5.32 Å². The van der Waals surface area contributed by atoms with Gasteiger partial charge in [-0.3, -0.25) is 0 Å². The maximum atomic E-state index is 5.30. The molecular weight excluding hydrogens is 186 g/mol. The normalized spacial score (nSPS) is 14.9. The Hall–Kier alpha value is -0.860. The first-order chi connectivity index (χ1) is 7.19. The number of ether oxygens (including phenoxy) is 1. The lowest BCUT2D eigenvalue weighted by Crippen LogP contribution is -2.22. The molecule has 0 spiro atoms. The van der Waals surface area contributed by atoms with Gasteiger partial charge < -0.3 is 10.1 Å². The number of benzene rings is 1. The van der Waals surface area contributed by atoms with Gasteiger partial charge in [0, 0.05) is 13.2 Å². The summed E-state index contributed by atoms with van der Waals surface area (Å²) in [5.74, 6) is 0. The molecule has 0 saturated heterocycles. The Kier molecular flexibility index (Phi) is 4.79. The van der Waals surface area contributed by atoms with Crippen LogP contribution in [0.5, 0.6) is 0 Å². The minimum absolute atomic E-state index is 0.280. The van der Waals surface area contributed by atoms with Crippen LogP contribution < -0.4 is 5.32 Å². The van der Waals surface area contributed by atoms with Crippen molar-refractivity contribution in [3.05, 3.63) is 35.4 Å². The van der Waals surface area contributed by atoms with E-state index >= 15 is 0 Å². The summed E-state index contributed by atoms with van der Waals surface area (Å²) in [5.41, 5.74) is 2.70. The largest absolute Gasteiger partial charge is 0.382 e. The second kappa shape index (κ2) is 5.89. The molecule has 1 N–H and O–H groups in total. The van der Waals surface area contributed by atoms with Crippen molar-refractivity contribution in [1.29, 1.82) is 0 Å². The van der Waals surface area contributed by atoms with E-state index in [1.165, 1.54) is 11.1 Å². The third-order valence-corrected chi connectivity index (χ3v) is 2.88. The third kappa shape index (κ3) is 3.33. The van der Waals surface area contributed by atoms with Gasteiger partial charge in [-0.25, -0.2) is 0 Å². The fourth-order valence-corrected chi connectivity index (χ4v) is 1.81. The Morgan fingerprint density at radius 3 is 2.53 bits per heavy atom. The van der Waals surface area contributed by atoms with Crippen LogP contribution >= 0.6 is 0 Å². The number of aryl methyl sites for hydroxylation is 1. The summed E-state index contributed by atoms with van der Waals surface area (Å²) < 4.78 is 5.30. The predicted molar refractivity (Wildman–Crippen MR) is 64.1 cm³/mol. The Morgan fingerprint density at radius 2 is 2.00 bits per heavy atom. The van der Waals surface area contributed by atoms with Crippen LogP contribution in [0.1, 0.15) is 30.5 Å². The highest BCUT2D eigenvalue weighted by atomic mass is 16.5. The minimum Gasteiger partial charge on any atom is -0.382 e. The number of rotatable bonds is 5. The second-order valence-electron chi connectivity index (χ2n) is 3.98. The fourth-order valence-electron chi connectivity index (χ4n) is 1.81. The van der Waals surface area contributed by atoms with Gasteiger partial charge in [-0.15, -0.1) is 0 Å². The van der Waals surface area contributed by atoms with Gasteiger partial charge in [-0.05, 0) is 38.4 Å². The molecule has 1 aromatic rings. The van der Waals surface area contributed by atoms with Gasteiger partial charge in [0.05, 0.1) is 6.10 Å². The monoisotopic (exact) mass is 207 g/mol. The van der Waals surface area contributed by atoms with E-state index in [1.807, 2.05) is 7.05 Å². The van der Waals surface area contributed by atoms with E-state index in [1.54, 1.807) is 7.11 Å². The fraction of sp³-hybridized carbons (Fsp3) is 0.538. The molecule has 0 bridgehead atoms. The number of nitrogens with one attached hydrogen (secondary N) is 1. The molecule has 1 aromatic carbocycles. The van der Waals surface area contributed by atoms with Crippen molar-refractivity contribution in [2.75, 3.05) is 14.2 Å². The van der Waals surface area contributed by atoms with Crippen LogP contribution in [-0.2, 0) is 4.74 Å². The molecule has 2 heteroatoms. The zero-order valence-electron chi connectivity index (χ0n) is 10.1. The highest BCUT2D eigenvalue weighted by molar-refractivity contribution is 5.28. The van der Waals surface area contributed by atoms with E-state index in [2.05, 4.69) is 43.4 Å². The van der Waals surface area contributed by atoms with Gasteiger partial charge in [-0.2, -0.15) is 0 Å². The summed E-state index contributed by atoms with van der Waals surface area (Å²) in [6.45, 7) is 4.25. The summed E-state index contributed by atoms with van der Waals surface area (Å²) in [5, 5.41) is 3.34. The van der Waals surface area contributed by atoms with Crippen molar-refractivity contribution in [2.45, 2.75) is 32.4 Å². The molecule has 0 aliphatic rings. The molecule has 1 rings (SSSR count). The second-order valence-corrected chi connectivity index (χ2v) is 3.98. The molecule has 2 unspecified atom stereocenters. The Labute approximate surface area is 92.6 Å². The summed E-state index contributed by atoms with van der Waals surface area (Å²) in [6, 6.07) is 8.87. The lowest BCUT2D eigenvalue weighted by molar-refractivity contribution is 0.101. The maximum absolute atomic E-state index is 5.30. The molecule has 0 aliphatic heterocycles. The van der Waals surface area contributed by atoms with Gasteiger partial charge in [0.1, 0.15) is 0 Å². The number of hydrogen-bond acceptors (Lipinski definition) is 2. The highest BCUT2D eigenvalue weighted by Gasteiger charge is 2.14. The van der Waals surface area contributed by atoms with Crippen molar-refractivity contribution in [2.24, 2.45) is 0 Å². The molecule has 0 radical (unpaired) electrons. The molecule has 0 saturated carbocycles. The van der Waals surface area contributed by atoms with Crippen molar-refractivity contribution in [3.8, 4) is 0 Å². The van der Waals surface area contributed by atoms with E-state index in [4.69, 9.17) is 4.74 Å². The van der Waals surface area contributed by atoms with Crippen LogP contribution in [0.2, 0.25) is 0 Å². The first kappa shape index (κ1) is 12.2. The van der Waals surface area contributed by atoms with Crippen LogP contribution in [0.15, 0.2) is 24.3 Å². The van der Waals surface area contributed by atoms with Crippen molar-refractivity contribution >= 4 is 0 Å². The average molecular weight is 207 g/mol. The molecule has 15 heavy (non-hydrogen) atoms. The van der Waals surface area contributed by atoms with Gasteiger partial charge in [0.25, 0.3) is 0 Å². The molecule has 84 valence electrons. The number of hydrogen-bond donors (Lipinski definition) is 1. The van der Waals surface area contributed by atoms with Crippen LogP contribution in [0.3, 0.4) is 0 Å². The zero-order chi connectivity index (χ0) is 11.3. The number of methoxy groups -OCH3 is 1. The van der Waals surface area contributed by atoms with Gasteiger partial charge >= 0.3 is 0 Å². The zero-order valence-corrected chi connectivity index (χ0v) is 10.1. The lowest BCUT2D eigenvalue weighted by atomic mass is 9.97. The van der Waals surface area contributed by atoms with Gasteiger partial charge in [-0.1, -0.05) is 24.3 Å². The van der Waals surface area contributed by atoms with E-state index < -0.39 is 0 Å². The molecule has 0 amide bonds.